The fourth-order valence-corrected chi connectivity index (χ4v) is 7.03. The standard InChI is InChI=1S/C22H24BNO3.C16H12BrNO.CH4/c1-21(2)22(3,4)27-23(26-21)16-9-10-20-17(14-16)19-13-15-7-5-6-8-18(15)24(19)11-12-25-20;17-12-5-6-16-13(10-12)15-9-11-3-1-2-4-14(11)18(15)7-8-19-16;/h5-10,13-14H,11-12H2,1-4H3;1-6,9-10H,7-8H2;1H4. The number of halogens is 1. The van der Waals surface area contributed by atoms with E-state index in [9.17, 15) is 0 Å². The highest BCUT2D eigenvalue weighted by Crippen LogP contribution is 2.40. The zero-order chi connectivity index (χ0) is 31.6. The predicted octanol–water partition coefficient (Wildman–Crippen LogP) is 9.10. The number of ether oxygens (including phenoxy) is 2. The van der Waals surface area contributed by atoms with E-state index < -0.39 is 0 Å². The van der Waals surface area contributed by atoms with Gasteiger partial charge in [0.2, 0.25) is 0 Å². The van der Waals surface area contributed by atoms with Crippen LogP contribution in [0, 0.1) is 0 Å². The molecule has 3 aliphatic rings. The van der Waals surface area contributed by atoms with Crippen LogP contribution in [0.4, 0.5) is 0 Å². The van der Waals surface area contributed by atoms with Crippen molar-refractivity contribution in [2.24, 2.45) is 0 Å². The van der Waals surface area contributed by atoms with E-state index in [-0.39, 0.29) is 25.7 Å². The topological polar surface area (TPSA) is 46.8 Å². The van der Waals surface area contributed by atoms with Crippen molar-refractivity contribution in [1.29, 1.82) is 0 Å². The second kappa shape index (κ2) is 11.9. The Bertz CT molecular complexity index is 2100. The van der Waals surface area contributed by atoms with Gasteiger partial charge in [-0.1, -0.05) is 65.8 Å². The van der Waals surface area contributed by atoms with E-state index in [4.69, 9.17) is 18.8 Å². The van der Waals surface area contributed by atoms with E-state index in [0.717, 1.165) is 45.7 Å². The normalized spacial score (nSPS) is 17.0. The first-order valence-electron chi connectivity index (χ1n) is 15.9. The number of benzene rings is 4. The molecule has 1 fully saturated rings. The van der Waals surface area contributed by atoms with Crippen molar-refractivity contribution >= 4 is 50.3 Å². The molecule has 0 bridgehead atoms. The van der Waals surface area contributed by atoms with Crippen molar-refractivity contribution in [2.75, 3.05) is 13.2 Å². The largest absolute Gasteiger partial charge is 0.494 e. The molecule has 47 heavy (non-hydrogen) atoms. The molecule has 0 saturated carbocycles. The Hall–Kier alpha value is -3.98. The van der Waals surface area contributed by atoms with E-state index in [1.807, 2.05) is 18.2 Å². The SMILES string of the molecule is Brc1ccc2c(c1)-c1cc3ccccc3n1CCO2.C.CC1(C)OB(c2ccc3c(c2)-c2cc4ccccc4n2CCO3)OC1(C)C. The van der Waals surface area contributed by atoms with E-state index in [0.29, 0.717) is 13.2 Å². The molecule has 0 radical (unpaired) electrons. The van der Waals surface area contributed by atoms with Crippen LogP contribution < -0.4 is 14.9 Å². The van der Waals surface area contributed by atoms with Gasteiger partial charge >= 0.3 is 7.12 Å². The Morgan fingerprint density at radius 3 is 1.66 bits per heavy atom. The molecule has 0 N–H and O–H groups in total. The van der Waals surface area contributed by atoms with Gasteiger partial charge in [-0.2, -0.15) is 0 Å². The third-order valence-corrected chi connectivity index (χ3v) is 10.3. The van der Waals surface area contributed by atoms with Crippen LogP contribution >= 0.6 is 15.9 Å². The van der Waals surface area contributed by atoms with Gasteiger partial charge in [-0.3, -0.25) is 0 Å². The molecule has 0 spiro atoms. The maximum Gasteiger partial charge on any atom is 0.494 e. The highest BCUT2D eigenvalue weighted by atomic mass is 79.9. The Morgan fingerprint density at radius 1 is 0.617 bits per heavy atom. The van der Waals surface area contributed by atoms with Crippen molar-refractivity contribution < 1.29 is 18.8 Å². The summed E-state index contributed by atoms with van der Waals surface area (Å²) in [6.45, 7) is 11.4. The number of hydrogen-bond donors (Lipinski definition) is 0. The van der Waals surface area contributed by atoms with Gasteiger partial charge < -0.3 is 27.9 Å². The van der Waals surface area contributed by atoms with Crippen molar-refractivity contribution in [1.82, 2.24) is 9.13 Å². The van der Waals surface area contributed by atoms with Crippen molar-refractivity contribution in [3.63, 3.8) is 0 Å². The molecule has 0 amide bonds. The summed E-state index contributed by atoms with van der Waals surface area (Å²) in [6, 6.07) is 33.9. The van der Waals surface area contributed by atoms with Crippen molar-refractivity contribution in [3.8, 4) is 34.0 Å². The van der Waals surface area contributed by atoms with Crippen LogP contribution in [0.15, 0.2) is 102 Å². The lowest BCUT2D eigenvalue weighted by Crippen LogP contribution is -2.41. The molecule has 3 aliphatic heterocycles. The number of para-hydroxylation sites is 2. The van der Waals surface area contributed by atoms with Gasteiger partial charge in [-0.25, -0.2) is 0 Å². The first-order chi connectivity index (χ1) is 22.2. The van der Waals surface area contributed by atoms with Gasteiger partial charge in [0.25, 0.3) is 0 Å². The third kappa shape index (κ3) is 5.46. The fourth-order valence-electron chi connectivity index (χ4n) is 6.67. The zero-order valence-corrected chi connectivity index (χ0v) is 28.1. The summed E-state index contributed by atoms with van der Waals surface area (Å²) < 4.78 is 30.1. The summed E-state index contributed by atoms with van der Waals surface area (Å²) in [4.78, 5) is 0. The number of rotatable bonds is 1. The molecule has 6 nitrogen and oxygen atoms in total. The second-order valence-electron chi connectivity index (χ2n) is 13.2. The minimum absolute atomic E-state index is 0. The lowest BCUT2D eigenvalue weighted by molar-refractivity contribution is 0.00578. The molecule has 240 valence electrons. The molecular weight excluding hydrogens is 651 g/mol. The van der Waals surface area contributed by atoms with E-state index in [1.54, 1.807) is 0 Å². The summed E-state index contributed by atoms with van der Waals surface area (Å²) in [5, 5.41) is 2.53. The molecule has 6 aromatic rings. The summed E-state index contributed by atoms with van der Waals surface area (Å²) in [6.07, 6.45) is 0. The van der Waals surface area contributed by atoms with Crippen LogP contribution in [0.1, 0.15) is 35.1 Å². The van der Waals surface area contributed by atoms with Crippen LogP contribution in [0.3, 0.4) is 0 Å². The monoisotopic (exact) mass is 690 g/mol. The molecule has 2 aromatic heterocycles. The Balaban J connectivity index is 0.000000155. The summed E-state index contributed by atoms with van der Waals surface area (Å²) in [5.41, 5.74) is 7.50. The molecule has 5 heterocycles. The fraction of sp³-hybridized carbons (Fsp3) is 0.282. The van der Waals surface area contributed by atoms with Crippen LogP contribution in [0.2, 0.25) is 0 Å². The Labute approximate surface area is 285 Å². The number of fused-ring (bicyclic) bond motifs is 10. The van der Waals surface area contributed by atoms with E-state index in [1.165, 1.54) is 33.2 Å². The highest BCUT2D eigenvalue weighted by Gasteiger charge is 2.51. The maximum absolute atomic E-state index is 6.25. The molecule has 9 rings (SSSR count). The quantitative estimate of drug-likeness (QED) is 0.162. The Morgan fingerprint density at radius 2 is 1.11 bits per heavy atom. The molecular formula is C39H40BBrN2O4. The molecule has 1 saturated heterocycles. The summed E-state index contributed by atoms with van der Waals surface area (Å²) in [5.74, 6) is 1.88. The predicted molar refractivity (Wildman–Crippen MR) is 196 cm³/mol. The zero-order valence-electron chi connectivity index (χ0n) is 26.5. The highest BCUT2D eigenvalue weighted by molar-refractivity contribution is 9.10. The Kier molecular flexibility index (Phi) is 8.02. The number of aromatic nitrogens is 2. The smallest absolute Gasteiger partial charge is 0.491 e. The first-order valence-corrected chi connectivity index (χ1v) is 16.7. The second-order valence-corrected chi connectivity index (χ2v) is 14.1. The van der Waals surface area contributed by atoms with Gasteiger partial charge in [-0.05, 0) is 87.8 Å². The van der Waals surface area contributed by atoms with Gasteiger partial charge in [0.1, 0.15) is 24.7 Å². The molecule has 0 unspecified atom stereocenters. The molecule has 8 heteroatoms. The van der Waals surface area contributed by atoms with Crippen LogP contribution in [-0.2, 0) is 22.4 Å². The van der Waals surface area contributed by atoms with E-state index >= 15 is 0 Å². The molecule has 0 atom stereocenters. The number of nitrogens with zero attached hydrogens (tertiary/aromatic N) is 2. The van der Waals surface area contributed by atoms with Gasteiger partial charge in [0.05, 0.1) is 35.7 Å². The molecule has 0 aliphatic carbocycles. The number of hydrogen-bond acceptors (Lipinski definition) is 4. The van der Waals surface area contributed by atoms with Crippen LogP contribution in [0.5, 0.6) is 11.5 Å². The lowest BCUT2D eigenvalue weighted by atomic mass is 9.78. The average Bonchev–Trinajstić information content (AvgIpc) is 3.56. The average molecular weight is 691 g/mol. The van der Waals surface area contributed by atoms with Crippen molar-refractivity contribution in [3.05, 3.63) is 102 Å². The summed E-state index contributed by atoms with van der Waals surface area (Å²) in [7, 11) is -0.374. The minimum atomic E-state index is -0.374. The summed E-state index contributed by atoms with van der Waals surface area (Å²) >= 11 is 3.55. The molecule has 4 aromatic carbocycles. The van der Waals surface area contributed by atoms with Crippen molar-refractivity contribution in [2.45, 2.75) is 59.4 Å². The third-order valence-electron chi connectivity index (χ3n) is 9.79. The van der Waals surface area contributed by atoms with Crippen LogP contribution in [-0.4, -0.2) is 40.7 Å². The van der Waals surface area contributed by atoms with Gasteiger partial charge in [0, 0.05) is 37.4 Å². The van der Waals surface area contributed by atoms with Gasteiger partial charge in [-0.15, -0.1) is 0 Å². The van der Waals surface area contributed by atoms with Gasteiger partial charge in [0.15, 0.2) is 0 Å². The maximum atomic E-state index is 6.25. The lowest BCUT2D eigenvalue weighted by Gasteiger charge is -2.32. The van der Waals surface area contributed by atoms with E-state index in [2.05, 4.69) is 132 Å². The first kappa shape index (κ1) is 31.6. The minimum Gasteiger partial charge on any atom is -0.491 e. The van der Waals surface area contributed by atoms with Crippen LogP contribution in [0.25, 0.3) is 44.3 Å².